The van der Waals surface area contributed by atoms with E-state index in [0.29, 0.717) is 19.6 Å². The third-order valence-corrected chi connectivity index (χ3v) is 4.56. The zero-order chi connectivity index (χ0) is 17.2. The maximum absolute atomic E-state index is 13.3. The van der Waals surface area contributed by atoms with Crippen molar-refractivity contribution in [1.29, 1.82) is 0 Å². The number of carbonyl (C=O) groups is 1. The number of rotatable bonds is 4. The van der Waals surface area contributed by atoms with Gasteiger partial charge in [0.1, 0.15) is 11.4 Å². The van der Waals surface area contributed by atoms with Gasteiger partial charge in [0.05, 0.1) is 0 Å². The quantitative estimate of drug-likeness (QED) is 0.862. The number of hydrogen-bond donors (Lipinski definition) is 0. The van der Waals surface area contributed by atoms with Crippen LogP contribution in [0.25, 0.3) is 0 Å². The van der Waals surface area contributed by atoms with Gasteiger partial charge in [-0.2, -0.15) is 5.10 Å². The van der Waals surface area contributed by atoms with Crippen LogP contribution in [0.3, 0.4) is 0 Å². The molecule has 0 radical (unpaired) electrons. The molecule has 1 amide bonds. The lowest BCUT2D eigenvalue weighted by atomic mass is 10.0. The van der Waals surface area contributed by atoms with Gasteiger partial charge in [0, 0.05) is 45.1 Å². The van der Waals surface area contributed by atoms with E-state index in [1.165, 1.54) is 6.07 Å². The van der Waals surface area contributed by atoms with Gasteiger partial charge in [-0.3, -0.25) is 14.4 Å². The standard InChI is InChI=1S/C18H23FN4O/c1-18(2,23-8-4-7-20-23)17(24)22-11-9-21(10-12-22)14-15-5-3-6-16(19)13-15/h3-8,13H,9-12,14H2,1-2H3. The molecule has 0 N–H and O–H groups in total. The molecule has 24 heavy (non-hydrogen) atoms. The molecule has 3 rings (SSSR count). The largest absolute Gasteiger partial charge is 0.338 e. The van der Waals surface area contributed by atoms with Gasteiger partial charge in [0.15, 0.2) is 0 Å². The summed E-state index contributed by atoms with van der Waals surface area (Å²) >= 11 is 0. The lowest BCUT2D eigenvalue weighted by Gasteiger charge is -2.38. The van der Waals surface area contributed by atoms with Crippen molar-refractivity contribution in [2.75, 3.05) is 26.2 Å². The van der Waals surface area contributed by atoms with Gasteiger partial charge in [0.2, 0.25) is 5.91 Å². The predicted octanol–water partition coefficient (Wildman–Crippen LogP) is 2.10. The Morgan fingerprint density at radius 3 is 2.58 bits per heavy atom. The normalized spacial score (nSPS) is 16.4. The SMILES string of the molecule is CC(C)(C(=O)N1CCN(Cc2cccc(F)c2)CC1)n1cccn1. The van der Waals surface area contributed by atoms with E-state index in [1.54, 1.807) is 23.0 Å². The number of benzene rings is 1. The lowest BCUT2D eigenvalue weighted by Crippen LogP contribution is -2.54. The average molecular weight is 330 g/mol. The van der Waals surface area contributed by atoms with E-state index in [0.717, 1.165) is 18.7 Å². The van der Waals surface area contributed by atoms with Crippen molar-refractivity contribution in [2.24, 2.45) is 0 Å². The van der Waals surface area contributed by atoms with E-state index in [-0.39, 0.29) is 11.7 Å². The Kier molecular flexibility index (Phi) is 4.66. The Morgan fingerprint density at radius 2 is 1.96 bits per heavy atom. The molecule has 6 heteroatoms. The van der Waals surface area contributed by atoms with Crippen molar-refractivity contribution in [2.45, 2.75) is 25.9 Å². The highest BCUT2D eigenvalue weighted by Gasteiger charge is 2.35. The van der Waals surface area contributed by atoms with E-state index >= 15 is 0 Å². The van der Waals surface area contributed by atoms with E-state index in [1.807, 2.05) is 37.1 Å². The third kappa shape index (κ3) is 3.48. The second-order valence-electron chi connectivity index (χ2n) is 6.71. The number of carbonyl (C=O) groups excluding carboxylic acids is 1. The van der Waals surface area contributed by atoms with Crippen LogP contribution in [0.15, 0.2) is 42.7 Å². The summed E-state index contributed by atoms with van der Waals surface area (Å²) in [7, 11) is 0. The highest BCUT2D eigenvalue weighted by molar-refractivity contribution is 5.83. The van der Waals surface area contributed by atoms with E-state index in [2.05, 4.69) is 10.00 Å². The van der Waals surface area contributed by atoms with E-state index < -0.39 is 5.54 Å². The Hall–Kier alpha value is -2.21. The van der Waals surface area contributed by atoms with Crippen LogP contribution in [0, 0.1) is 5.82 Å². The highest BCUT2D eigenvalue weighted by Crippen LogP contribution is 2.19. The van der Waals surface area contributed by atoms with Crippen LogP contribution >= 0.6 is 0 Å². The molecule has 0 saturated carbocycles. The molecule has 1 aromatic heterocycles. The number of aromatic nitrogens is 2. The maximum Gasteiger partial charge on any atom is 0.250 e. The zero-order valence-electron chi connectivity index (χ0n) is 14.2. The number of hydrogen-bond acceptors (Lipinski definition) is 3. The van der Waals surface area contributed by atoms with Gasteiger partial charge in [-0.1, -0.05) is 12.1 Å². The molecular weight excluding hydrogens is 307 g/mol. The molecule has 1 saturated heterocycles. The van der Waals surface area contributed by atoms with Gasteiger partial charge in [-0.15, -0.1) is 0 Å². The van der Waals surface area contributed by atoms with Crippen molar-refractivity contribution in [3.63, 3.8) is 0 Å². The summed E-state index contributed by atoms with van der Waals surface area (Å²) in [5.74, 6) is -0.126. The van der Waals surface area contributed by atoms with Crippen LogP contribution in [0.4, 0.5) is 4.39 Å². The third-order valence-electron chi connectivity index (χ3n) is 4.56. The van der Waals surface area contributed by atoms with Crippen LogP contribution in [0.5, 0.6) is 0 Å². The molecule has 0 atom stereocenters. The Morgan fingerprint density at radius 1 is 1.21 bits per heavy atom. The van der Waals surface area contributed by atoms with E-state index in [9.17, 15) is 9.18 Å². The molecule has 0 bridgehead atoms. The topological polar surface area (TPSA) is 41.4 Å². The van der Waals surface area contributed by atoms with E-state index in [4.69, 9.17) is 0 Å². The Bertz CT molecular complexity index is 691. The summed E-state index contributed by atoms with van der Waals surface area (Å²) in [5, 5.41) is 4.21. The van der Waals surface area contributed by atoms with Gasteiger partial charge in [-0.05, 0) is 37.6 Å². The molecular formula is C18H23FN4O. The van der Waals surface area contributed by atoms with Gasteiger partial charge >= 0.3 is 0 Å². The second-order valence-corrected chi connectivity index (χ2v) is 6.71. The monoisotopic (exact) mass is 330 g/mol. The molecule has 1 aliphatic heterocycles. The summed E-state index contributed by atoms with van der Waals surface area (Å²) in [4.78, 5) is 17.0. The van der Waals surface area contributed by atoms with Crippen LogP contribution < -0.4 is 0 Å². The van der Waals surface area contributed by atoms with Crippen LogP contribution in [-0.4, -0.2) is 51.7 Å². The molecule has 1 fully saturated rings. The zero-order valence-corrected chi connectivity index (χ0v) is 14.2. The van der Waals surface area contributed by atoms with Crippen molar-refractivity contribution in [3.05, 3.63) is 54.1 Å². The highest BCUT2D eigenvalue weighted by atomic mass is 19.1. The molecule has 128 valence electrons. The second kappa shape index (κ2) is 6.73. The molecule has 5 nitrogen and oxygen atoms in total. The first-order valence-electron chi connectivity index (χ1n) is 8.23. The van der Waals surface area contributed by atoms with Gasteiger partial charge in [-0.25, -0.2) is 4.39 Å². The number of piperazine rings is 1. The lowest BCUT2D eigenvalue weighted by molar-refractivity contribution is -0.141. The van der Waals surface area contributed by atoms with Crippen LogP contribution in [0.2, 0.25) is 0 Å². The van der Waals surface area contributed by atoms with Crippen molar-refractivity contribution in [3.8, 4) is 0 Å². The molecule has 2 aromatic rings. The maximum atomic E-state index is 13.3. The predicted molar refractivity (Wildman–Crippen MR) is 89.8 cm³/mol. The van der Waals surface area contributed by atoms with Crippen molar-refractivity contribution >= 4 is 5.91 Å². The van der Waals surface area contributed by atoms with Crippen LogP contribution in [0.1, 0.15) is 19.4 Å². The summed E-state index contributed by atoms with van der Waals surface area (Å²) in [6.45, 7) is 7.43. The summed E-state index contributed by atoms with van der Waals surface area (Å²) in [5.41, 5.74) is 0.278. The number of nitrogens with zero attached hydrogens (tertiary/aromatic N) is 4. The first-order chi connectivity index (χ1) is 11.5. The van der Waals surface area contributed by atoms with Crippen molar-refractivity contribution in [1.82, 2.24) is 19.6 Å². The molecule has 0 aliphatic carbocycles. The first-order valence-corrected chi connectivity index (χ1v) is 8.23. The molecule has 1 aromatic carbocycles. The summed E-state index contributed by atoms with van der Waals surface area (Å²) in [6, 6.07) is 8.51. The molecule has 1 aliphatic rings. The first kappa shape index (κ1) is 16.6. The van der Waals surface area contributed by atoms with Crippen molar-refractivity contribution < 1.29 is 9.18 Å². The van der Waals surface area contributed by atoms with Gasteiger partial charge in [0.25, 0.3) is 0 Å². The minimum Gasteiger partial charge on any atom is -0.338 e. The average Bonchev–Trinajstić information content (AvgIpc) is 3.10. The molecule has 0 spiro atoms. The number of halogens is 1. The molecule has 0 unspecified atom stereocenters. The molecule has 2 heterocycles. The fourth-order valence-corrected chi connectivity index (χ4v) is 3.09. The Balaban J connectivity index is 1.58. The Labute approximate surface area is 141 Å². The van der Waals surface area contributed by atoms with Crippen LogP contribution in [-0.2, 0) is 16.9 Å². The summed E-state index contributed by atoms with van der Waals surface area (Å²) < 4.78 is 15.0. The fourth-order valence-electron chi connectivity index (χ4n) is 3.09. The van der Waals surface area contributed by atoms with Gasteiger partial charge < -0.3 is 4.90 Å². The minimum atomic E-state index is -0.686. The summed E-state index contributed by atoms with van der Waals surface area (Å²) in [6.07, 6.45) is 3.50. The minimum absolute atomic E-state index is 0.0802. The smallest absolute Gasteiger partial charge is 0.250 e. The fraction of sp³-hybridized carbons (Fsp3) is 0.444. The number of amides is 1.